The second-order valence-electron chi connectivity index (χ2n) is 1.98. The molecule has 0 aliphatic carbocycles. The summed E-state index contributed by atoms with van der Waals surface area (Å²) in [5.74, 6) is 0.267. The van der Waals surface area contributed by atoms with Crippen molar-refractivity contribution < 1.29 is 13.5 Å². The lowest BCUT2D eigenvalue weighted by Crippen LogP contribution is -2.07. The van der Waals surface area contributed by atoms with Gasteiger partial charge in [-0.25, -0.2) is 18.7 Å². The summed E-state index contributed by atoms with van der Waals surface area (Å²) in [7, 11) is 0. The van der Waals surface area contributed by atoms with Crippen LogP contribution in [0.15, 0.2) is 12.4 Å². The molecule has 0 saturated carbocycles. The van der Waals surface area contributed by atoms with E-state index in [4.69, 9.17) is 5.73 Å². The first-order valence-corrected chi connectivity index (χ1v) is 3.17. The molecular formula is C6H7F2N3O. The zero-order valence-corrected chi connectivity index (χ0v) is 6.08. The third-order valence-electron chi connectivity index (χ3n) is 1.02. The predicted octanol–water partition coefficient (Wildman–Crippen LogP) is 0.703. The van der Waals surface area contributed by atoms with Gasteiger partial charge in [-0.1, -0.05) is 0 Å². The first kappa shape index (κ1) is 8.63. The molecule has 1 heterocycles. The van der Waals surface area contributed by atoms with Crippen molar-refractivity contribution in [3.8, 4) is 5.75 Å². The molecule has 1 aromatic heterocycles. The molecular weight excluding hydrogens is 168 g/mol. The van der Waals surface area contributed by atoms with Gasteiger partial charge in [-0.05, 0) is 0 Å². The molecule has 66 valence electrons. The quantitative estimate of drug-likeness (QED) is 0.734. The van der Waals surface area contributed by atoms with Gasteiger partial charge in [-0.2, -0.15) is 0 Å². The number of nitrogen functional groups attached to an aromatic ring is 1. The average Bonchev–Trinajstić information content (AvgIpc) is 2.03. The van der Waals surface area contributed by atoms with Crippen LogP contribution in [0.5, 0.6) is 5.75 Å². The molecule has 0 aliphatic rings. The average molecular weight is 175 g/mol. The predicted molar refractivity (Wildman–Crippen MR) is 37.9 cm³/mol. The van der Waals surface area contributed by atoms with Crippen LogP contribution >= 0.6 is 0 Å². The van der Waals surface area contributed by atoms with E-state index in [1.54, 1.807) is 0 Å². The van der Waals surface area contributed by atoms with Crippen LogP contribution < -0.4 is 10.5 Å². The zero-order chi connectivity index (χ0) is 8.97. The standard InChI is InChI=1S/C6H7F2N3O/c7-5(8)3-12-4-1-10-6(9)11-2-4/h1-2,5H,3H2,(H2,9,10,11). The first-order chi connectivity index (χ1) is 5.68. The Kier molecular flexibility index (Phi) is 2.73. The minimum Gasteiger partial charge on any atom is -0.484 e. The number of anilines is 1. The summed E-state index contributed by atoms with van der Waals surface area (Å²) < 4.78 is 27.8. The van der Waals surface area contributed by atoms with E-state index in [0.717, 1.165) is 0 Å². The molecule has 0 aromatic carbocycles. The molecule has 2 N–H and O–H groups in total. The Bertz CT molecular complexity index is 239. The Balaban J connectivity index is 2.48. The van der Waals surface area contributed by atoms with Gasteiger partial charge in [0.1, 0.15) is 6.61 Å². The van der Waals surface area contributed by atoms with Gasteiger partial charge in [0.15, 0.2) is 5.75 Å². The van der Waals surface area contributed by atoms with Crippen LogP contribution in [-0.2, 0) is 0 Å². The van der Waals surface area contributed by atoms with Crippen LogP contribution in [-0.4, -0.2) is 23.0 Å². The summed E-state index contributed by atoms with van der Waals surface area (Å²) in [5.41, 5.74) is 5.16. The molecule has 12 heavy (non-hydrogen) atoms. The molecule has 0 fully saturated rings. The van der Waals surface area contributed by atoms with E-state index in [9.17, 15) is 8.78 Å². The number of nitrogens with two attached hydrogens (primary N) is 1. The number of halogens is 2. The van der Waals surface area contributed by atoms with Gasteiger partial charge in [0.05, 0.1) is 12.4 Å². The molecule has 0 radical (unpaired) electrons. The van der Waals surface area contributed by atoms with Crippen molar-refractivity contribution in [1.82, 2.24) is 9.97 Å². The summed E-state index contributed by atoms with van der Waals surface area (Å²) in [6.45, 7) is -0.659. The van der Waals surface area contributed by atoms with Gasteiger partial charge in [-0.15, -0.1) is 0 Å². The highest BCUT2D eigenvalue weighted by Gasteiger charge is 2.03. The van der Waals surface area contributed by atoms with E-state index in [1.165, 1.54) is 12.4 Å². The molecule has 0 amide bonds. The van der Waals surface area contributed by atoms with Crippen LogP contribution in [0.4, 0.5) is 14.7 Å². The fraction of sp³-hybridized carbons (Fsp3) is 0.333. The summed E-state index contributed by atoms with van der Waals surface area (Å²) in [4.78, 5) is 7.11. The maximum absolute atomic E-state index is 11.6. The largest absolute Gasteiger partial charge is 0.484 e. The molecule has 0 bridgehead atoms. The molecule has 1 rings (SSSR count). The number of hydrogen-bond donors (Lipinski definition) is 1. The molecule has 0 unspecified atom stereocenters. The third-order valence-corrected chi connectivity index (χ3v) is 1.02. The SMILES string of the molecule is Nc1ncc(OCC(F)F)cn1. The second-order valence-corrected chi connectivity index (χ2v) is 1.98. The normalized spacial score (nSPS) is 10.2. The molecule has 4 nitrogen and oxygen atoms in total. The van der Waals surface area contributed by atoms with Gasteiger partial charge in [0, 0.05) is 0 Å². The number of alkyl halides is 2. The van der Waals surface area contributed by atoms with Crippen LogP contribution in [0, 0.1) is 0 Å². The Labute approximate surface area is 67.4 Å². The van der Waals surface area contributed by atoms with E-state index in [0.29, 0.717) is 0 Å². The van der Waals surface area contributed by atoms with Crippen LogP contribution in [0.1, 0.15) is 0 Å². The van der Waals surface area contributed by atoms with Gasteiger partial charge in [-0.3, -0.25) is 0 Å². The van der Waals surface area contributed by atoms with Gasteiger partial charge in [0.25, 0.3) is 6.43 Å². The van der Waals surface area contributed by atoms with E-state index in [-0.39, 0.29) is 11.7 Å². The van der Waals surface area contributed by atoms with Crippen LogP contribution in [0.2, 0.25) is 0 Å². The highest BCUT2D eigenvalue weighted by molar-refractivity contribution is 5.20. The highest BCUT2D eigenvalue weighted by atomic mass is 19.3. The molecule has 0 aliphatic heterocycles. The van der Waals surface area contributed by atoms with E-state index in [1.807, 2.05) is 0 Å². The monoisotopic (exact) mass is 175 g/mol. The number of rotatable bonds is 3. The second kappa shape index (κ2) is 3.80. The Morgan fingerprint density at radius 1 is 1.42 bits per heavy atom. The van der Waals surface area contributed by atoms with Crippen molar-refractivity contribution in [3.05, 3.63) is 12.4 Å². The maximum atomic E-state index is 11.6. The van der Waals surface area contributed by atoms with Crippen LogP contribution in [0.25, 0.3) is 0 Å². The summed E-state index contributed by atoms with van der Waals surface area (Å²) in [6.07, 6.45) is -0.0161. The first-order valence-electron chi connectivity index (χ1n) is 3.17. The van der Waals surface area contributed by atoms with Crippen molar-refractivity contribution in [3.63, 3.8) is 0 Å². The molecule has 0 spiro atoms. The van der Waals surface area contributed by atoms with Crippen molar-refractivity contribution >= 4 is 5.95 Å². The smallest absolute Gasteiger partial charge is 0.272 e. The van der Waals surface area contributed by atoms with E-state index >= 15 is 0 Å². The highest BCUT2D eigenvalue weighted by Crippen LogP contribution is 2.07. The van der Waals surface area contributed by atoms with Gasteiger partial charge >= 0.3 is 0 Å². The molecule has 0 saturated heterocycles. The molecule has 6 heteroatoms. The lowest BCUT2D eigenvalue weighted by Gasteiger charge is -2.03. The fourth-order valence-corrected chi connectivity index (χ4v) is 0.560. The third kappa shape index (κ3) is 2.65. The minimum absolute atomic E-state index is 0.0828. The maximum Gasteiger partial charge on any atom is 0.272 e. The number of aromatic nitrogens is 2. The molecule has 0 atom stereocenters. The lowest BCUT2D eigenvalue weighted by molar-refractivity contribution is 0.0815. The summed E-state index contributed by atoms with van der Waals surface area (Å²) in [5, 5.41) is 0. The Hall–Kier alpha value is -1.46. The van der Waals surface area contributed by atoms with Gasteiger partial charge < -0.3 is 10.5 Å². The number of hydrogen-bond acceptors (Lipinski definition) is 4. The molecule has 1 aromatic rings. The van der Waals surface area contributed by atoms with Crippen molar-refractivity contribution in [2.75, 3.05) is 12.3 Å². The van der Waals surface area contributed by atoms with E-state index < -0.39 is 13.0 Å². The lowest BCUT2D eigenvalue weighted by atomic mass is 10.6. The van der Waals surface area contributed by atoms with Crippen molar-refractivity contribution in [1.29, 1.82) is 0 Å². The topological polar surface area (TPSA) is 61.0 Å². The van der Waals surface area contributed by atoms with Crippen LogP contribution in [0.3, 0.4) is 0 Å². The van der Waals surface area contributed by atoms with E-state index in [2.05, 4.69) is 14.7 Å². The summed E-state index contributed by atoms with van der Waals surface area (Å²) >= 11 is 0. The van der Waals surface area contributed by atoms with Gasteiger partial charge in [0.2, 0.25) is 5.95 Å². The summed E-state index contributed by atoms with van der Waals surface area (Å²) in [6, 6.07) is 0. The Morgan fingerprint density at radius 2 is 2.00 bits per heavy atom. The fourth-order valence-electron chi connectivity index (χ4n) is 0.560. The number of ether oxygens (including phenoxy) is 1. The Morgan fingerprint density at radius 3 is 2.50 bits per heavy atom. The van der Waals surface area contributed by atoms with Crippen molar-refractivity contribution in [2.24, 2.45) is 0 Å². The minimum atomic E-state index is -2.50. The number of nitrogens with zero attached hydrogens (tertiary/aromatic N) is 2. The van der Waals surface area contributed by atoms with Crippen molar-refractivity contribution in [2.45, 2.75) is 6.43 Å². The zero-order valence-electron chi connectivity index (χ0n) is 6.08.